The molecule has 94 valence electrons. The molecular formula is C13H13NO3S. The average molecular weight is 263 g/mol. The molecule has 5 heteroatoms. The zero-order chi connectivity index (χ0) is 13.1. The van der Waals surface area contributed by atoms with Crippen molar-refractivity contribution in [3.63, 3.8) is 0 Å². The first-order valence-corrected chi connectivity index (χ1v) is 6.32. The monoisotopic (exact) mass is 263 g/mol. The number of aromatic carboxylic acids is 1. The molecule has 0 saturated heterocycles. The number of benzene rings is 1. The molecule has 0 atom stereocenters. The minimum absolute atomic E-state index is 0.0919. The van der Waals surface area contributed by atoms with Crippen LogP contribution in [0, 0.1) is 13.8 Å². The first kappa shape index (κ1) is 12.6. The summed E-state index contributed by atoms with van der Waals surface area (Å²) >= 11 is 1.11. The summed E-state index contributed by atoms with van der Waals surface area (Å²) in [5.74, 6) is -0.205. The van der Waals surface area contributed by atoms with Gasteiger partial charge in [-0.15, -0.1) is 11.3 Å². The first-order valence-electron chi connectivity index (χ1n) is 5.44. The fourth-order valence-corrected chi connectivity index (χ4v) is 2.22. The Morgan fingerprint density at radius 3 is 2.83 bits per heavy atom. The molecule has 1 N–H and O–H groups in total. The number of rotatable bonds is 4. The van der Waals surface area contributed by atoms with Crippen LogP contribution in [0.15, 0.2) is 23.6 Å². The van der Waals surface area contributed by atoms with E-state index in [9.17, 15) is 4.79 Å². The molecule has 0 spiro atoms. The van der Waals surface area contributed by atoms with Crippen molar-refractivity contribution in [2.45, 2.75) is 20.5 Å². The van der Waals surface area contributed by atoms with Gasteiger partial charge in [0.25, 0.3) is 0 Å². The van der Waals surface area contributed by atoms with Crippen LogP contribution in [0.25, 0.3) is 0 Å². The largest absolute Gasteiger partial charge is 0.487 e. The number of aromatic nitrogens is 1. The molecule has 1 heterocycles. The number of carbonyl (C=O) groups is 1. The summed E-state index contributed by atoms with van der Waals surface area (Å²) in [6, 6.07) is 5.93. The summed E-state index contributed by atoms with van der Waals surface area (Å²) in [6.07, 6.45) is 0. The molecule has 2 aromatic rings. The van der Waals surface area contributed by atoms with Crippen molar-refractivity contribution in [1.29, 1.82) is 0 Å². The lowest BCUT2D eigenvalue weighted by molar-refractivity contribution is 0.0696. The normalized spacial score (nSPS) is 10.3. The summed E-state index contributed by atoms with van der Waals surface area (Å²) in [5.41, 5.74) is 2.88. The van der Waals surface area contributed by atoms with Crippen molar-refractivity contribution in [2.75, 3.05) is 0 Å². The number of hydrogen-bond donors (Lipinski definition) is 1. The van der Waals surface area contributed by atoms with Crippen molar-refractivity contribution >= 4 is 17.3 Å². The molecule has 0 fully saturated rings. The molecule has 2 rings (SSSR count). The predicted molar refractivity (Wildman–Crippen MR) is 69.3 cm³/mol. The van der Waals surface area contributed by atoms with E-state index in [1.165, 1.54) is 5.56 Å². The van der Waals surface area contributed by atoms with Crippen molar-refractivity contribution in [3.8, 4) is 5.75 Å². The second-order valence-electron chi connectivity index (χ2n) is 4.01. The second-order valence-corrected chi connectivity index (χ2v) is 4.86. The number of carboxylic acids is 1. The summed E-state index contributed by atoms with van der Waals surface area (Å²) in [5, 5.41) is 10.6. The third kappa shape index (κ3) is 2.87. The van der Waals surface area contributed by atoms with E-state index < -0.39 is 5.97 Å². The molecule has 0 radical (unpaired) electrons. The zero-order valence-electron chi connectivity index (χ0n) is 10.1. The van der Waals surface area contributed by atoms with E-state index >= 15 is 0 Å². The standard InChI is InChI=1S/C13H13NO3S/c1-8-3-4-11(9(2)5-8)17-6-10-7-18-12(14-10)13(15)16/h3-5,7H,6H2,1-2H3,(H,15,16). The van der Waals surface area contributed by atoms with E-state index in [1.54, 1.807) is 5.38 Å². The fourth-order valence-electron chi connectivity index (χ4n) is 1.58. The number of ether oxygens (including phenoxy) is 1. The summed E-state index contributed by atoms with van der Waals surface area (Å²) < 4.78 is 5.62. The Kier molecular flexibility index (Phi) is 3.62. The van der Waals surface area contributed by atoms with Crippen molar-refractivity contribution in [1.82, 2.24) is 4.98 Å². The van der Waals surface area contributed by atoms with Gasteiger partial charge in [0.15, 0.2) is 0 Å². The summed E-state index contributed by atoms with van der Waals surface area (Å²) in [6.45, 7) is 4.29. The Balaban J connectivity index is 2.04. The van der Waals surface area contributed by atoms with Crippen LogP contribution in [0.2, 0.25) is 0 Å². The Morgan fingerprint density at radius 2 is 2.22 bits per heavy atom. The molecule has 0 amide bonds. The maximum Gasteiger partial charge on any atom is 0.365 e. The smallest absolute Gasteiger partial charge is 0.365 e. The van der Waals surface area contributed by atoms with E-state index in [-0.39, 0.29) is 11.6 Å². The number of hydrogen-bond acceptors (Lipinski definition) is 4. The Morgan fingerprint density at radius 1 is 1.44 bits per heavy atom. The average Bonchev–Trinajstić information content (AvgIpc) is 2.76. The number of thiazole rings is 1. The van der Waals surface area contributed by atoms with Crippen LogP contribution >= 0.6 is 11.3 Å². The lowest BCUT2D eigenvalue weighted by Gasteiger charge is -2.08. The molecule has 1 aromatic carbocycles. The van der Waals surface area contributed by atoms with Crippen molar-refractivity contribution in [3.05, 3.63) is 45.4 Å². The Labute approximate surface area is 109 Å². The van der Waals surface area contributed by atoms with E-state index in [0.29, 0.717) is 5.69 Å². The van der Waals surface area contributed by atoms with Crippen molar-refractivity contribution in [2.24, 2.45) is 0 Å². The van der Waals surface area contributed by atoms with Gasteiger partial charge in [0, 0.05) is 5.38 Å². The van der Waals surface area contributed by atoms with Gasteiger partial charge >= 0.3 is 5.97 Å². The number of carboxylic acid groups (broad SMARTS) is 1. The van der Waals surface area contributed by atoms with E-state index in [1.807, 2.05) is 32.0 Å². The van der Waals surface area contributed by atoms with Crippen LogP contribution in [-0.4, -0.2) is 16.1 Å². The fraction of sp³-hybridized carbons (Fsp3) is 0.231. The predicted octanol–water partition coefficient (Wildman–Crippen LogP) is 3.04. The van der Waals surface area contributed by atoms with Gasteiger partial charge in [-0.2, -0.15) is 0 Å². The Hall–Kier alpha value is -1.88. The first-order chi connectivity index (χ1) is 8.56. The third-order valence-corrected chi connectivity index (χ3v) is 3.32. The SMILES string of the molecule is Cc1ccc(OCc2csc(C(=O)O)n2)c(C)c1. The van der Waals surface area contributed by atoms with Gasteiger partial charge in [-0.3, -0.25) is 0 Å². The maximum absolute atomic E-state index is 10.7. The van der Waals surface area contributed by atoms with Gasteiger partial charge in [0.2, 0.25) is 5.01 Å². The topological polar surface area (TPSA) is 59.4 Å². The molecule has 0 unspecified atom stereocenters. The number of aryl methyl sites for hydroxylation is 2. The maximum atomic E-state index is 10.7. The van der Waals surface area contributed by atoms with Gasteiger partial charge in [-0.25, -0.2) is 9.78 Å². The highest BCUT2D eigenvalue weighted by atomic mass is 32.1. The molecule has 0 aliphatic rings. The molecule has 0 aliphatic heterocycles. The summed E-state index contributed by atoms with van der Waals surface area (Å²) in [7, 11) is 0. The zero-order valence-corrected chi connectivity index (χ0v) is 11.0. The minimum Gasteiger partial charge on any atom is -0.487 e. The molecule has 0 aliphatic carbocycles. The van der Waals surface area contributed by atoms with Crippen LogP contribution in [0.3, 0.4) is 0 Å². The minimum atomic E-state index is -1.00. The van der Waals surface area contributed by atoms with E-state index in [4.69, 9.17) is 9.84 Å². The van der Waals surface area contributed by atoms with Crippen LogP contribution in [0.1, 0.15) is 26.6 Å². The molecule has 4 nitrogen and oxygen atoms in total. The van der Waals surface area contributed by atoms with E-state index in [2.05, 4.69) is 4.98 Å². The van der Waals surface area contributed by atoms with Gasteiger partial charge in [-0.1, -0.05) is 17.7 Å². The highest BCUT2D eigenvalue weighted by Gasteiger charge is 2.09. The highest BCUT2D eigenvalue weighted by Crippen LogP contribution is 2.20. The second kappa shape index (κ2) is 5.18. The van der Waals surface area contributed by atoms with Crippen molar-refractivity contribution < 1.29 is 14.6 Å². The van der Waals surface area contributed by atoms with Crippen LogP contribution in [0.4, 0.5) is 0 Å². The molecular weight excluding hydrogens is 250 g/mol. The lowest BCUT2D eigenvalue weighted by atomic mass is 10.1. The van der Waals surface area contributed by atoms with Gasteiger partial charge < -0.3 is 9.84 Å². The van der Waals surface area contributed by atoms with Crippen LogP contribution in [-0.2, 0) is 6.61 Å². The van der Waals surface area contributed by atoms with Gasteiger partial charge in [0.1, 0.15) is 12.4 Å². The number of nitrogens with zero attached hydrogens (tertiary/aromatic N) is 1. The quantitative estimate of drug-likeness (QED) is 0.921. The lowest BCUT2D eigenvalue weighted by Crippen LogP contribution is -2.00. The Bertz CT molecular complexity index is 577. The van der Waals surface area contributed by atoms with Crippen LogP contribution < -0.4 is 4.74 Å². The van der Waals surface area contributed by atoms with E-state index in [0.717, 1.165) is 22.6 Å². The third-order valence-electron chi connectivity index (χ3n) is 2.44. The molecule has 0 saturated carbocycles. The molecule has 18 heavy (non-hydrogen) atoms. The van der Waals surface area contributed by atoms with Crippen LogP contribution in [0.5, 0.6) is 5.75 Å². The van der Waals surface area contributed by atoms with Gasteiger partial charge in [0.05, 0.1) is 5.69 Å². The van der Waals surface area contributed by atoms with Gasteiger partial charge in [-0.05, 0) is 25.5 Å². The molecule has 0 bridgehead atoms. The highest BCUT2D eigenvalue weighted by molar-refractivity contribution is 7.11. The summed E-state index contributed by atoms with van der Waals surface area (Å²) in [4.78, 5) is 14.7. The molecule has 1 aromatic heterocycles.